The second-order valence-corrected chi connectivity index (χ2v) is 6.75. The fourth-order valence-corrected chi connectivity index (χ4v) is 2.70. The molecular weight excluding hydrogens is 270 g/mol. The van der Waals surface area contributed by atoms with Crippen LogP contribution < -0.4 is 0 Å². The minimum atomic E-state index is -4.20. The molecule has 19 heavy (non-hydrogen) atoms. The zero-order valence-corrected chi connectivity index (χ0v) is 11.8. The maximum Gasteiger partial charge on any atom is 0.269 e. The van der Waals surface area contributed by atoms with Gasteiger partial charge in [0.15, 0.2) is 0 Å². The molecule has 0 N–H and O–H groups in total. The van der Waals surface area contributed by atoms with Gasteiger partial charge in [0.25, 0.3) is 17.8 Å². The van der Waals surface area contributed by atoms with Crippen molar-refractivity contribution in [2.45, 2.75) is 65.2 Å². The van der Waals surface area contributed by atoms with Crippen molar-refractivity contribution in [3.8, 4) is 0 Å². The van der Waals surface area contributed by atoms with Crippen molar-refractivity contribution in [2.24, 2.45) is 16.7 Å². The quantitative estimate of drug-likeness (QED) is 0.526. The molecule has 0 amide bonds. The SMILES string of the molecule is CC1CC(F)(F)C(C)(C)C(F)(F)C(C)(C)C(F)(F)C1. The molecule has 0 heterocycles. The van der Waals surface area contributed by atoms with Crippen molar-refractivity contribution in [1.82, 2.24) is 0 Å². The van der Waals surface area contributed by atoms with Crippen LogP contribution >= 0.6 is 0 Å². The third kappa shape index (κ3) is 2.05. The monoisotopic (exact) mass is 290 g/mol. The second-order valence-electron chi connectivity index (χ2n) is 6.75. The van der Waals surface area contributed by atoms with Crippen LogP contribution in [0, 0.1) is 16.7 Å². The number of hydrogen-bond donors (Lipinski definition) is 0. The van der Waals surface area contributed by atoms with Crippen molar-refractivity contribution in [3.63, 3.8) is 0 Å². The van der Waals surface area contributed by atoms with Crippen LogP contribution in [0.4, 0.5) is 26.3 Å². The van der Waals surface area contributed by atoms with Gasteiger partial charge in [-0.2, -0.15) is 0 Å². The van der Waals surface area contributed by atoms with Gasteiger partial charge in [-0.05, 0) is 33.6 Å². The normalized spacial score (nSPS) is 32.4. The summed E-state index contributed by atoms with van der Waals surface area (Å²) < 4.78 is 84.9. The first kappa shape index (κ1) is 16.6. The Labute approximate surface area is 109 Å². The van der Waals surface area contributed by atoms with E-state index in [1.807, 2.05) is 0 Å². The Morgan fingerprint density at radius 3 is 1.21 bits per heavy atom. The van der Waals surface area contributed by atoms with E-state index in [0.717, 1.165) is 0 Å². The molecule has 1 fully saturated rings. The Bertz CT molecular complexity index is 324. The largest absolute Gasteiger partial charge is 0.269 e. The summed E-state index contributed by atoms with van der Waals surface area (Å²) in [6.07, 6.45) is -1.91. The lowest BCUT2D eigenvalue weighted by Gasteiger charge is -2.52. The second kappa shape index (κ2) is 4.04. The Kier molecular flexibility index (Phi) is 3.54. The molecule has 0 aromatic rings. The van der Waals surface area contributed by atoms with Gasteiger partial charge in [-0.15, -0.1) is 0 Å². The van der Waals surface area contributed by atoms with Crippen molar-refractivity contribution in [3.05, 3.63) is 0 Å². The van der Waals surface area contributed by atoms with E-state index in [4.69, 9.17) is 0 Å². The van der Waals surface area contributed by atoms with Crippen LogP contribution in [0.2, 0.25) is 0 Å². The van der Waals surface area contributed by atoms with Crippen molar-refractivity contribution >= 4 is 0 Å². The fraction of sp³-hybridized carbons (Fsp3) is 1.00. The first-order valence-corrected chi connectivity index (χ1v) is 6.23. The Morgan fingerprint density at radius 1 is 0.684 bits per heavy atom. The Morgan fingerprint density at radius 2 is 0.947 bits per heavy atom. The van der Waals surface area contributed by atoms with Crippen LogP contribution in [-0.4, -0.2) is 17.8 Å². The van der Waals surface area contributed by atoms with Crippen molar-refractivity contribution < 1.29 is 26.3 Å². The van der Waals surface area contributed by atoms with E-state index >= 15 is 0 Å². The molecule has 6 heteroatoms. The average Bonchev–Trinajstić information content (AvgIpc) is 2.12. The summed E-state index contributed by atoms with van der Waals surface area (Å²) in [5.74, 6) is -12.6. The van der Waals surface area contributed by atoms with Gasteiger partial charge in [-0.1, -0.05) is 6.92 Å². The summed E-state index contributed by atoms with van der Waals surface area (Å²) in [5.41, 5.74) is -5.66. The van der Waals surface area contributed by atoms with E-state index in [1.54, 1.807) is 0 Å². The van der Waals surface area contributed by atoms with E-state index < -0.39 is 47.4 Å². The standard InChI is InChI=1S/C13H20F6/c1-8-6-11(14,15)9(2,3)13(18,19)10(4,5)12(16,17)7-8/h8H,6-7H2,1-5H3. The molecule has 0 atom stereocenters. The highest BCUT2D eigenvalue weighted by Crippen LogP contribution is 2.64. The van der Waals surface area contributed by atoms with Gasteiger partial charge < -0.3 is 0 Å². The van der Waals surface area contributed by atoms with E-state index in [9.17, 15) is 26.3 Å². The smallest absolute Gasteiger partial charge is 0.206 e. The number of alkyl halides is 6. The molecule has 0 aliphatic heterocycles. The van der Waals surface area contributed by atoms with Crippen molar-refractivity contribution in [1.29, 1.82) is 0 Å². The first-order chi connectivity index (χ1) is 8.10. The molecule has 0 radical (unpaired) electrons. The lowest BCUT2D eigenvalue weighted by molar-refractivity contribution is -0.327. The molecule has 0 saturated heterocycles. The fourth-order valence-electron chi connectivity index (χ4n) is 2.70. The van der Waals surface area contributed by atoms with Crippen LogP contribution in [0.25, 0.3) is 0 Å². The highest BCUT2D eigenvalue weighted by Gasteiger charge is 2.74. The number of halogens is 6. The minimum Gasteiger partial charge on any atom is -0.206 e. The van der Waals surface area contributed by atoms with Crippen molar-refractivity contribution in [2.75, 3.05) is 0 Å². The highest BCUT2D eigenvalue weighted by atomic mass is 19.3. The predicted octanol–water partition coefficient (Wildman–Crippen LogP) is 5.37. The highest BCUT2D eigenvalue weighted by molar-refractivity contribution is 5.09. The Balaban J connectivity index is 3.49. The lowest BCUT2D eigenvalue weighted by Crippen LogP contribution is -2.64. The minimum absolute atomic E-state index is 0.670. The zero-order valence-electron chi connectivity index (χ0n) is 11.8. The van der Waals surface area contributed by atoms with Gasteiger partial charge in [-0.3, -0.25) is 0 Å². The zero-order chi connectivity index (χ0) is 15.5. The van der Waals surface area contributed by atoms with Crippen LogP contribution in [0.15, 0.2) is 0 Å². The van der Waals surface area contributed by atoms with Crippen LogP contribution in [-0.2, 0) is 0 Å². The van der Waals surface area contributed by atoms with E-state index in [-0.39, 0.29) is 0 Å². The van der Waals surface area contributed by atoms with E-state index in [2.05, 4.69) is 0 Å². The van der Waals surface area contributed by atoms with Gasteiger partial charge in [-0.25, -0.2) is 26.3 Å². The molecule has 0 aromatic heterocycles. The summed E-state index contributed by atoms with van der Waals surface area (Å²) in [5, 5.41) is 0. The van der Waals surface area contributed by atoms with Gasteiger partial charge in [0.05, 0.1) is 10.8 Å². The van der Waals surface area contributed by atoms with Gasteiger partial charge >= 0.3 is 0 Å². The molecular formula is C13H20F6. The van der Waals surface area contributed by atoms with Gasteiger partial charge in [0.2, 0.25) is 0 Å². The first-order valence-electron chi connectivity index (χ1n) is 6.23. The summed E-state index contributed by atoms with van der Waals surface area (Å²) in [4.78, 5) is 0. The number of rotatable bonds is 0. The molecule has 0 nitrogen and oxygen atoms in total. The molecule has 114 valence electrons. The molecule has 0 spiro atoms. The topological polar surface area (TPSA) is 0 Å². The summed E-state index contributed by atoms with van der Waals surface area (Å²) in [6.45, 7) is 3.93. The Hall–Kier alpha value is -0.420. The third-order valence-electron chi connectivity index (χ3n) is 4.61. The maximum absolute atomic E-state index is 14.4. The maximum atomic E-state index is 14.4. The van der Waals surface area contributed by atoms with Crippen LogP contribution in [0.3, 0.4) is 0 Å². The predicted molar refractivity (Wildman–Crippen MR) is 60.8 cm³/mol. The molecule has 1 aliphatic carbocycles. The average molecular weight is 290 g/mol. The third-order valence-corrected chi connectivity index (χ3v) is 4.61. The number of hydrogen-bond acceptors (Lipinski definition) is 0. The van der Waals surface area contributed by atoms with E-state index in [1.165, 1.54) is 6.92 Å². The molecule has 0 bridgehead atoms. The molecule has 0 unspecified atom stereocenters. The summed E-state index contributed by atoms with van der Waals surface area (Å²) in [6, 6.07) is 0. The van der Waals surface area contributed by atoms with Gasteiger partial charge in [0.1, 0.15) is 0 Å². The molecule has 1 rings (SSSR count). The molecule has 1 aliphatic rings. The lowest BCUT2D eigenvalue weighted by atomic mass is 9.60. The van der Waals surface area contributed by atoms with Gasteiger partial charge in [0, 0.05) is 12.8 Å². The summed E-state index contributed by atoms with van der Waals surface area (Å²) in [7, 11) is 0. The van der Waals surface area contributed by atoms with Crippen LogP contribution in [0.1, 0.15) is 47.5 Å². The molecule has 1 saturated carbocycles. The van der Waals surface area contributed by atoms with E-state index in [0.29, 0.717) is 27.7 Å². The summed E-state index contributed by atoms with van der Waals surface area (Å²) >= 11 is 0. The van der Waals surface area contributed by atoms with Crippen LogP contribution in [0.5, 0.6) is 0 Å². The molecule has 0 aromatic carbocycles.